The maximum absolute atomic E-state index is 13.5. The molecule has 3 N–H and O–H groups in total. The fourth-order valence-corrected chi connectivity index (χ4v) is 5.63. The number of pyridine rings is 1. The van der Waals surface area contributed by atoms with E-state index in [2.05, 4.69) is 22.2 Å². The summed E-state index contributed by atoms with van der Waals surface area (Å²) in [7, 11) is 3.74. The summed E-state index contributed by atoms with van der Waals surface area (Å²) >= 11 is 0. The third kappa shape index (κ3) is 7.77. The number of benzene rings is 4. The van der Waals surface area contributed by atoms with Crippen molar-refractivity contribution in [3.8, 4) is 16.9 Å². The molecule has 49 heavy (non-hydrogen) atoms. The highest BCUT2D eigenvalue weighted by Gasteiger charge is 2.21. The highest BCUT2D eigenvalue weighted by molar-refractivity contribution is 6.10. The first-order chi connectivity index (χ1) is 23.8. The van der Waals surface area contributed by atoms with Crippen LogP contribution in [0, 0.1) is 0 Å². The largest absolute Gasteiger partial charge is 0.485 e. The SMILES string of the molecule is CN1CCN(C(=O)c2ccc(COc3ccccc3N(C)C(=O)c3ccc(NC(=O)c4ccccc4-c4ccc(N)cc4)cc3)nc2)CC1. The summed E-state index contributed by atoms with van der Waals surface area (Å²) in [5.74, 6) is -0.0111. The summed E-state index contributed by atoms with van der Waals surface area (Å²) in [6.45, 7) is 3.27. The highest BCUT2D eigenvalue weighted by atomic mass is 16.5. The van der Waals surface area contributed by atoms with Gasteiger partial charge in [0.15, 0.2) is 0 Å². The number of carbonyl (C=O) groups is 3. The van der Waals surface area contributed by atoms with Gasteiger partial charge in [-0.3, -0.25) is 19.4 Å². The molecule has 4 aromatic carbocycles. The van der Waals surface area contributed by atoms with Gasteiger partial charge < -0.3 is 30.5 Å². The van der Waals surface area contributed by atoms with Crippen LogP contribution in [0.3, 0.4) is 0 Å². The molecule has 6 rings (SSSR count). The molecule has 1 aromatic heterocycles. The lowest BCUT2D eigenvalue weighted by Crippen LogP contribution is -2.47. The van der Waals surface area contributed by atoms with E-state index >= 15 is 0 Å². The van der Waals surface area contributed by atoms with E-state index in [-0.39, 0.29) is 24.3 Å². The van der Waals surface area contributed by atoms with Crippen LogP contribution >= 0.6 is 0 Å². The van der Waals surface area contributed by atoms with Gasteiger partial charge in [0, 0.05) is 61.9 Å². The average Bonchev–Trinajstić information content (AvgIpc) is 3.14. The van der Waals surface area contributed by atoms with E-state index in [0.717, 1.165) is 24.2 Å². The van der Waals surface area contributed by atoms with Gasteiger partial charge in [0.25, 0.3) is 17.7 Å². The van der Waals surface area contributed by atoms with Crippen molar-refractivity contribution in [2.45, 2.75) is 6.61 Å². The number of anilines is 3. The Labute approximate surface area is 285 Å². The van der Waals surface area contributed by atoms with Gasteiger partial charge in [-0.05, 0) is 84.9 Å². The summed E-state index contributed by atoms with van der Waals surface area (Å²) in [5, 5.41) is 2.94. The number of para-hydroxylation sites is 2. The molecule has 1 saturated heterocycles. The Bertz CT molecular complexity index is 1940. The maximum Gasteiger partial charge on any atom is 0.258 e. The summed E-state index contributed by atoms with van der Waals surface area (Å²) in [4.78, 5) is 49.7. The average molecular weight is 655 g/mol. The predicted octanol–water partition coefficient (Wildman–Crippen LogP) is 5.83. The summed E-state index contributed by atoms with van der Waals surface area (Å²) < 4.78 is 6.10. The van der Waals surface area contributed by atoms with Crippen molar-refractivity contribution in [3.05, 3.63) is 138 Å². The summed E-state index contributed by atoms with van der Waals surface area (Å²) in [6.07, 6.45) is 1.59. The van der Waals surface area contributed by atoms with Crippen molar-refractivity contribution in [1.29, 1.82) is 0 Å². The number of amides is 3. The van der Waals surface area contributed by atoms with Gasteiger partial charge in [-0.1, -0.05) is 42.5 Å². The topological polar surface area (TPSA) is 121 Å². The third-order valence-electron chi connectivity index (χ3n) is 8.55. The number of carbonyl (C=O) groups excluding carboxylic acids is 3. The van der Waals surface area contributed by atoms with Crippen molar-refractivity contribution in [1.82, 2.24) is 14.8 Å². The molecule has 10 nitrogen and oxygen atoms in total. The lowest BCUT2D eigenvalue weighted by Gasteiger charge is -2.32. The zero-order valence-corrected chi connectivity index (χ0v) is 27.5. The highest BCUT2D eigenvalue weighted by Crippen LogP contribution is 2.30. The number of rotatable bonds is 9. The Kier molecular flexibility index (Phi) is 9.96. The number of nitrogens with zero attached hydrogens (tertiary/aromatic N) is 4. The Morgan fingerprint density at radius 1 is 0.816 bits per heavy atom. The van der Waals surface area contributed by atoms with Crippen LogP contribution in [0.15, 0.2) is 115 Å². The van der Waals surface area contributed by atoms with Crippen molar-refractivity contribution in [3.63, 3.8) is 0 Å². The maximum atomic E-state index is 13.5. The second-order valence-corrected chi connectivity index (χ2v) is 12.0. The Balaban J connectivity index is 1.08. The molecule has 10 heteroatoms. The zero-order valence-electron chi connectivity index (χ0n) is 27.5. The van der Waals surface area contributed by atoms with Crippen LogP contribution in [0.4, 0.5) is 17.1 Å². The minimum Gasteiger partial charge on any atom is -0.485 e. The zero-order chi connectivity index (χ0) is 34.3. The van der Waals surface area contributed by atoms with Gasteiger partial charge >= 0.3 is 0 Å². The van der Waals surface area contributed by atoms with Crippen LogP contribution in [-0.2, 0) is 6.61 Å². The van der Waals surface area contributed by atoms with E-state index in [9.17, 15) is 14.4 Å². The van der Waals surface area contributed by atoms with Crippen molar-refractivity contribution in [2.24, 2.45) is 0 Å². The Morgan fingerprint density at radius 2 is 1.49 bits per heavy atom. The van der Waals surface area contributed by atoms with Gasteiger partial charge in [0.05, 0.1) is 16.9 Å². The van der Waals surface area contributed by atoms with Crippen LogP contribution < -0.4 is 20.7 Å². The van der Waals surface area contributed by atoms with E-state index in [1.165, 1.54) is 4.90 Å². The van der Waals surface area contributed by atoms with Crippen LogP contribution in [0.2, 0.25) is 0 Å². The molecule has 248 valence electrons. The molecule has 3 amide bonds. The van der Waals surface area contributed by atoms with Gasteiger partial charge in [-0.2, -0.15) is 0 Å². The summed E-state index contributed by atoms with van der Waals surface area (Å²) in [6, 6.07) is 32.4. The molecule has 0 radical (unpaired) electrons. The molecule has 0 spiro atoms. The molecule has 0 unspecified atom stereocenters. The van der Waals surface area contributed by atoms with E-state index in [1.807, 2.05) is 53.4 Å². The smallest absolute Gasteiger partial charge is 0.258 e. The lowest BCUT2D eigenvalue weighted by molar-refractivity contribution is 0.0663. The lowest BCUT2D eigenvalue weighted by atomic mass is 9.99. The fourth-order valence-electron chi connectivity index (χ4n) is 5.63. The molecule has 1 fully saturated rings. The molecular formula is C39H38N6O4. The third-order valence-corrected chi connectivity index (χ3v) is 8.55. The minimum absolute atomic E-state index is 0.0198. The fraction of sp³-hybridized carbons (Fsp3) is 0.179. The second-order valence-electron chi connectivity index (χ2n) is 12.0. The van der Waals surface area contributed by atoms with E-state index < -0.39 is 0 Å². The molecule has 1 aliphatic heterocycles. The number of aromatic nitrogens is 1. The van der Waals surface area contributed by atoms with Crippen LogP contribution in [0.1, 0.15) is 36.8 Å². The minimum atomic E-state index is -0.263. The number of likely N-dealkylation sites (N-methyl/N-ethyl adjacent to an activating group) is 1. The van der Waals surface area contributed by atoms with Gasteiger partial charge in [0.1, 0.15) is 12.4 Å². The van der Waals surface area contributed by atoms with Gasteiger partial charge in [-0.25, -0.2) is 0 Å². The number of nitrogens with two attached hydrogens (primary N) is 1. The Hall–Kier alpha value is -6.00. The molecule has 2 heterocycles. The van der Waals surface area contributed by atoms with E-state index in [0.29, 0.717) is 58.3 Å². The van der Waals surface area contributed by atoms with Crippen LogP contribution in [0.5, 0.6) is 5.75 Å². The van der Waals surface area contributed by atoms with Crippen LogP contribution in [0.25, 0.3) is 11.1 Å². The molecule has 1 aliphatic rings. The monoisotopic (exact) mass is 654 g/mol. The van der Waals surface area contributed by atoms with Crippen molar-refractivity contribution >= 4 is 34.8 Å². The first-order valence-corrected chi connectivity index (χ1v) is 16.1. The van der Waals surface area contributed by atoms with E-state index in [1.54, 1.807) is 73.9 Å². The van der Waals surface area contributed by atoms with Gasteiger partial charge in [-0.15, -0.1) is 0 Å². The quantitative estimate of drug-likeness (QED) is 0.192. The first-order valence-electron chi connectivity index (χ1n) is 16.1. The number of nitrogens with one attached hydrogen (secondary N) is 1. The van der Waals surface area contributed by atoms with Crippen molar-refractivity contribution < 1.29 is 19.1 Å². The normalized spacial score (nSPS) is 13.1. The molecule has 0 bridgehead atoms. The number of ether oxygens (including phenoxy) is 1. The molecular weight excluding hydrogens is 616 g/mol. The summed E-state index contributed by atoms with van der Waals surface area (Å²) in [5.41, 5.74) is 11.5. The number of nitrogen functional groups attached to an aromatic ring is 1. The molecule has 5 aromatic rings. The predicted molar refractivity (Wildman–Crippen MR) is 192 cm³/mol. The number of hydrogen-bond acceptors (Lipinski definition) is 7. The second kappa shape index (κ2) is 14.8. The number of piperazine rings is 1. The standard InChI is InChI=1S/C39H38N6O4/c1-43-21-23-45(24-22-43)39(48)29-15-20-32(41-25-29)26-49-36-10-6-5-9-35(36)44(2)38(47)28-13-18-31(19-14-28)42-37(46)34-8-4-3-7-33(34)27-11-16-30(40)17-12-27/h3-20,25H,21-24,26,40H2,1-2H3,(H,42,46). The molecule has 0 atom stereocenters. The number of hydrogen-bond donors (Lipinski definition) is 2. The molecule has 0 aliphatic carbocycles. The van der Waals surface area contributed by atoms with Gasteiger partial charge in [0.2, 0.25) is 0 Å². The van der Waals surface area contributed by atoms with Crippen molar-refractivity contribution in [2.75, 3.05) is 56.2 Å². The first kappa shape index (κ1) is 32.9. The van der Waals surface area contributed by atoms with E-state index in [4.69, 9.17) is 10.5 Å². The Morgan fingerprint density at radius 3 is 2.20 bits per heavy atom. The van der Waals surface area contributed by atoms with Crippen LogP contribution in [-0.4, -0.2) is 72.8 Å². The molecule has 0 saturated carbocycles.